The molecule has 0 saturated carbocycles. The average molecular weight is 395 g/mol. The minimum Gasteiger partial charge on any atom is -0.204 e. The maximum Gasteiger partial charge on any atom is 0.212 e. The number of aryl methyl sites for hydroxylation is 3. The molecular weight excluding hydrogens is 364 g/mol. The Hall–Kier alpha value is -3.26. The van der Waals surface area contributed by atoms with E-state index in [1.165, 1.54) is 39.2 Å². The number of nitrogens with zero attached hydrogens (tertiary/aromatic N) is 2. The zero-order valence-electron chi connectivity index (χ0n) is 18.6. The van der Waals surface area contributed by atoms with Crippen molar-refractivity contribution in [1.29, 1.82) is 0 Å². The van der Waals surface area contributed by atoms with Crippen LogP contribution in [0, 0.1) is 13.8 Å². The van der Waals surface area contributed by atoms with Crippen molar-refractivity contribution in [2.24, 2.45) is 14.1 Å². The lowest BCUT2D eigenvalue weighted by molar-refractivity contribution is -0.681. The minimum absolute atomic E-state index is 0.283. The third kappa shape index (κ3) is 3.23. The van der Waals surface area contributed by atoms with Crippen LogP contribution in [0.5, 0.6) is 0 Å². The van der Waals surface area contributed by atoms with Gasteiger partial charge in [-0.2, -0.15) is 0 Å². The molecule has 2 heteroatoms. The van der Waals surface area contributed by atoms with Gasteiger partial charge in [0.05, 0.1) is 0 Å². The predicted octanol–water partition coefficient (Wildman–Crippen LogP) is 4.97. The van der Waals surface area contributed by atoms with Crippen LogP contribution in [-0.4, -0.2) is 0 Å². The highest BCUT2D eigenvalue weighted by Crippen LogP contribution is 2.42. The van der Waals surface area contributed by atoms with Crippen molar-refractivity contribution in [3.63, 3.8) is 0 Å². The molecular formula is C28H30N2+2. The minimum atomic E-state index is -0.283. The molecule has 0 aliphatic rings. The molecule has 0 aliphatic carbocycles. The molecule has 2 aromatic heterocycles. The number of aromatic nitrogens is 2. The Morgan fingerprint density at radius 2 is 1.27 bits per heavy atom. The summed E-state index contributed by atoms with van der Waals surface area (Å²) >= 11 is 0. The molecule has 4 aromatic rings. The van der Waals surface area contributed by atoms with Crippen LogP contribution < -0.4 is 9.13 Å². The van der Waals surface area contributed by atoms with Crippen molar-refractivity contribution in [1.82, 2.24) is 0 Å². The maximum atomic E-state index is 2.36. The van der Waals surface area contributed by atoms with Crippen LogP contribution in [0.2, 0.25) is 0 Å². The first-order chi connectivity index (χ1) is 14.4. The number of hydrogen-bond donors (Lipinski definition) is 0. The van der Waals surface area contributed by atoms with Crippen molar-refractivity contribution >= 4 is 0 Å². The van der Waals surface area contributed by atoms with Gasteiger partial charge in [0.25, 0.3) is 0 Å². The lowest BCUT2D eigenvalue weighted by Crippen LogP contribution is -2.43. The van der Waals surface area contributed by atoms with Crippen molar-refractivity contribution in [2.45, 2.75) is 26.2 Å². The van der Waals surface area contributed by atoms with Gasteiger partial charge in [-0.15, -0.1) is 0 Å². The van der Waals surface area contributed by atoms with Crippen LogP contribution in [0.15, 0.2) is 91.3 Å². The smallest absolute Gasteiger partial charge is 0.204 e. The van der Waals surface area contributed by atoms with E-state index >= 15 is 0 Å². The molecule has 0 N–H and O–H groups in total. The van der Waals surface area contributed by atoms with Crippen LogP contribution in [-0.2, 0) is 19.5 Å². The molecule has 0 bridgehead atoms. The van der Waals surface area contributed by atoms with Gasteiger partial charge >= 0.3 is 0 Å². The Kier molecular flexibility index (Phi) is 5.26. The number of rotatable bonds is 4. The fourth-order valence-electron chi connectivity index (χ4n) is 4.86. The highest BCUT2D eigenvalue weighted by Gasteiger charge is 2.40. The van der Waals surface area contributed by atoms with Gasteiger partial charge in [0, 0.05) is 29.8 Å². The van der Waals surface area contributed by atoms with E-state index in [1.54, 1.807) is 0 Å². The van der Waals surface area contributed by atoms with E-state index in [0.717, 1.165) is 0 Å². The van der Waals surface area contributed by atoms with E-state index < -0.39 is 0 Å². The molecule has 1 unspecified atom stereocenters. The van der Waals surface area contributed by atoms with Gasteiger partial charge < -0.3 is 0 Å². The van der Waals surface area contributed by atoms with Gasteiger partial charge in [0.15, 0.2) is 18.1 Å². The topological polar surface area (TPSA) is 7.76 Å². The van der Waals surface area contributed by atoms with Gasteiger partial charge in [-0.25, -0.2) is 9.13 Å². The molecule has 1 atom stereocenters. The molecule has 2 aromatic carbocycles. The Morgan fingerprint density at radius 3 is 1.97 bits per heavy atom. The number of pyridine rings is 2. The molecule has 0 fully saturated rings. The summed E-state index contributed by atoms with van der Waals surface area (Å²) in [5.74, 6) is 0. The summed E-state index contributed by atoms with van der Waals surface area (Å²) in [5, 5.41) is 0. The number of hydrogen-bond acceptors (Lipinski definition) is 0. The first-order valence-corrected chi connectivity index (χ1v) is 10.5. The molecule has 0 spiro atoms. The van der Waals surface area contributed by atoms with Crippen molar-refractivity contribution < 1.29 is 9.13 Å². The molecule has 0 saturated heterocycles. The molecule has 30 heavy (non-hydrogen) atoms. The molecule has 2 nitrogen and oxygen atoms in total. The lowest BCUT2D eigenvalue weighted by atomic mass is 9.69. The van der Waals surface area contributed by atoms with Crippen LogP contribution in [0.3, 0.4) is 0 Å². The predicted molar refractivity (Wildman–Crippen MR) is 122 cm³/mol. The van der Waals surface area contributed by atoms with Crippen molar-refractivity contribution in [3.05, 3.63) is 119 Å². The summed E-state index contributed by atoms with van der Waals surface area (Å²) in [4.78, 5) is 0. The van der Waals surface area contributed by atoms with Crippen molar-refractivity contribution in [3.8, 4) is 11.3 Å². The van der Waals surface area contributed by atoms with E-state index in [-0.39, 0.29) is 5.41 Å². The average Bonchev–Trinajstić information content (AvgIpc) is 2.75. The van der Waals surface area contributed by atoms with Gasteiger partial charge in [-0.3, -0.25) is 0 Å². The Balaban J connectivity index is 2.05. The van der Waals surface area contributed by atoms with Gasteiger partial charge in [0.1, 0.15) is 19.5 Å². The standard InChI is InChI=1S/C28H30N2/c1-21-13-6-7-15-24(21)28(3,27-18-9-11-20-30(27)5)25-16-12-14-23(22(25)2)26-17-8-10-19-29(26)4/h6-20H,1-5H3/q+2. The molecule has 0 radical (unpaired) electrons. The van der Waals surface area contributed by atoms with Gasteiger partial charge in [-0.1, -0.05) is 42.5 Å². The van der Waals surface area contributed by atoms with E-state index in [9.17, 15) is 0 Å². The van der Waals surface area contributed by atoms with E-state index in [1.807, 2.05) is 0 Å². The first kappa shape index (κ1) is 20.0. The Bertz CT molecular complexity index is 1160. The molecule has 2 heterocycles. The third-order valence-electron chi connectivity index (χ3n) is 6.45. The SMILES string of the molecule is Cc1ccccc1C(C)(c1cccc(-c2cccc[n+]2C)c1C)c1cccc[n+]1C. The molecule has 0 amide bonds. The Morgan fingerprint density at radius 1 is 0.633 bits per heavy atom. The van der Waals surface area contributed by atoms with E-state index in [0.29, 0.717) is 0 Å². The van der Waals surface area contributed by atoms with Crippen LogP contribution in [0.1, 0.15) is 34.9 Å². The monoisotopic (exact) mass is 394 g/mol. The summed E-state index contributed by atoms with van der Waals surface area (Å²) in [6.45, 7) is 6.84. The zero-order valence-corrected chi connectivity index (χ0v) is 18.6. The van der Waals surface area contributed by atoms with Crippen molar-refractivity contribution in [2.75, 3.05) is 0 Å². The third-order valence-corrected chi connectivity index (χ3v) is 6.45. The second-order valence-corrected chi connectivity index (χ2v) is 8.31. The summed E-state index contributed by atoms with van der Waals surface area (Å²) in [7, 11) is 4.25. The normalized spacial score (nSPS) is 13.1. The number of benzene rings is 2. The summed E-state index contributed by atoms with van der Waals surface area (Å²) < 4.78 is 4.45. The van der Waals surface area contributed by atoms with Gasteiger partial charge in [-0.05, 0) is 55.2 Å². The second kappa shape index (κ2) is 7.87. The molecule has 150 valence electrons. The first-order valence-electron chi connectivity index (χ1n) is 10.5. The zero-order chi connectivity index (χ0) is 21.3. The van der Waals surface area contributed by atoms with E-state index in [4.69, 9.17) is 0 Å². The highest BCUT2D eigenvalue weighted by molar-refractivity contribution is 5.66. The quantitative estimate of drug-likeness (QED) is 0.432. The fraction of sp³-hybridized carbons (Fsp3) is 0.214. The lowest BCUT2D eigenvalue weighted by Gasteiger charge is -2.32. The summed E-state index contributed by atoms with van der Waals surface area (Å²) in [5.41, 5.74) is 8.78. The fourth-order valence-corrected chi connectivity index (χ4v) is 4.86. The molecule has 0 aliphatic heterocycles. The maximum absolute atomic E-state index is 2.36. The summed E-state index contributed by atoms with van der Waals surface area (Å²) in [6.07, 6.45) is 4.25. The van der Waals surface area contributed by atoms with Crippen LogP contribution >= 0.6 is 0 Å². The van der Waals surface area contributed by atoms with E-state index in [2.05, 4.69) is 135 Å². The summed E-state index contributed by atoms with van der Waals surface area (Å²) in [6, 6.07) is 28.4. The van der Waals surface area contributed by atoms with Crippen LogP contribution in [0.4, 0.5) is 0 Å². The highest BCUT2D eigenvalue weighted by atomic mass is 14.9. The second-order valence-electron chi connectivity index (χ2n) is 8.31. The molecule has 4 rings (SSSR count). The van der Waals surface area contributed by atoms with Gasteiger partial charge in [0.2, 0.25) is 5.69 Å². The Labute approximate surface area is 180 Å². The largest absolute Gasteiger partial charge is 0.212 e. The van der Waals surface area contributed by atoms with Crippen LogP contribution in [0.25, 0.3) is 11.3 Å².